The summed E-state index contributed by atoms with van der Waals surface area (Å²) in [4.78, 5) is 12.2. The van der Waals surface area contributed by atoms with Crippen LogP contribution in [0.1, 0.15) is 51.9 Å². The van der Waals surface area contributed by atoms with Crippen LogP contribution in [0.15, 0.2) is 4.47 Å². The molecule has 0 aromatic carbocycles. The Bertz CT molecular complexity index is 474. The van der Waals surface area contributed by atoms with E-state index < -0.39 is 0 Å². The summed E-state index contributed by atoms with van der Waals surface area (Å²) in [7, 11) is 1.88. The summed E-state index contributed by atoms with van der Waals surface area (Å²) in [6.07, 6.45) is 2.52. The molecule has 1 aromatic rings. The summed E-state index contributed by atoms with van der Waals surface area (Å²) >= 11 is 3.54. The van der Waals surface area contributed by atoms with Gasteiger partial charge in [-0.1, -0.05) is 27.7 Å². The Morgan fingerprint density at radius 3 is 2.50 bits per heavy atom. The van der Waals surface area contributed by atoms with Crippen LogP contribution in [0.3, 0.4) is 0 Å². The van der Waals surface area contributed by atoms with E-state index in [1.807, 2.05) is 7.05 Å². The number of Topliss-reactive ketones (excluding diaryl/α,β-unsaturated/α-hetero) is 1. The lowest BCUT2D eigenvalue weighted by Gasteiger charge is -2.22. The normalized spacial score (nSPS) is 13.6. The predicted molar refractivity (Wildman–Crippen MR) is 85.7 cm³/mol. The van der Waals surface area contributed by atoms with Gasteiger partial charge in [-0.15, -0.1) is 0 Å². The topological polar surface area (TPSA) is 60.9 Å². The van der Waals surface area contributed by atoms with Crippen molar-refractivity contribution in [2.24, 2.45) is 18.2 Å². The molecule has 1 atom stereocenters. The average Bonchev–Trinajstić information content (AvgIpc) is 2.53. The van der Waals surface area contributed by atoms with Gasteiger partial charge < -0.3 is 5.73 Å². The molecule has 0 radical (unpaired) electrons. The van der Waals surface area contributed by atoms with Crippen molar-refractivity contribution in [2.75, 3.05) is 0 Å². The molecule has 2 N–H and O–H groups in total. The van der Waals surface area contributed by atoms with Gasteiger partial charge in [0, 0.05) is 25.9 Å². The quantitative estimate of drug-likeness (QED) is 0.863. The second kappa shape index (κ2) is 6.85. The Kier molecular flexibility index (Phi) is 5.95. The van der Waals surface area contributed by atoms with Gasteiger partial charge in [0.25, 0.3) is 0 Å². The van der Waals surface area contributed by atoms with E-state index in [1.54, 1.807) is 4.68 Å². The minimum atomic E-state index is -0.0693. The third kappa shape index (κ3) is 5.02. The van der Waals surface area contributed by atoms with E-state index in [1.165, 1.54) is 0 Å². The van der Waals surface area contributed by atoms with Crippen LogP contribution in [0, 0.1) is 5.41 Å². The van der Waals surface area contributed by atoms with Crippen LogP contribution in [-0.2, 0) is 24.7 Å². The molecule has 0 amide bonds. The first-order valence-electron chi connectivity index (χ1n) is 7.11. The summed E-state index contributed by atoms with van der Waals surface area (Å²) in [5, 5.41) is 4.41. The van der Waals surface area contributed by atoms with Crippen LogP contribution in [0.2, 0.25) is 0 Å². The van der Waals surface area contributed by atoms with Crippen molar-refractivity contribution in [3.63, 3.8) is 0 Å². The zero-order valence-electron chi connectivity index (χ0n) is 13.2. The molecule has 0 fully saturated rings. The van der Waals surface area contributed by atoms with Crippen LogP contribution in [-0.4, -0.2) is 21.6 Å². The zero-order valence-corrected chi connectivity index (χ0v) is 14.7. The van der Waals surface area contributed by atoms with E-state index in [-0.39, 0.29) is 17.2 Å². The van der Waals surface area contributed by atoms with E-state index in [4.69, 9.17) is 5.73 Å². The predicted octanol–water partition coefficient (Wildman–Crippen LogP) is 3.01. The lowest BCUT2D eigenvalue weighted by atomic mass is 9.86. The molecule has 0 saturated carbocycles. The monoisotopic (exact) mass is 343 g/mol. The van der Waals surface area contributed by atoms with Crippen LogP contribution >= 0.6 is 15.9 Å². The number of carbonyl (C=O) groups is 1. The van der Waals surface area contributed by atoms with Gasteiger partial charge >= 0.3 is 0 Å². The third-order valence-corrected chi connectivity index (χ3v) is 4.15. The fourth-order valence-electron chi connectivity index (χ4n) is 2.42. The average molecular weight is 344 g/mol. The summed E-state index contributed by atoms with van der Waals surface area (Å²) < 4.78 is 2.75. The number of hydrogen-bond donors (Lipinski definition) is 1. The highest BCUT2D eigenvalue weighted by Gasteiger charge is 2.20. The summed E-state index contributed by atoms with van der Waals surface area (Å²) in [6, 6.07) is -0.0693. The molecule has 20 heavy (non-hydrogen) atoms. The lowest BCUT2D eigenvalue weighted by molar-refractivity contribution is -0.119. The fourth-order valence-corrected chi connectivity index (χ4v) is 3.18. The van der Waals surface area contributed by atoms with Gasteiger partial charge in [0.05, 0.1) is 15.9 Å². The minimum absolute atomic E-state index is 0.0693. The number of aryl methyl sites for hydroxylation is 2. The van der Waals surface area contributed by atoms with Gasteiger partial charge in [-0.05, 0) is 34.2 Å². The van der Waals surface area contributed by atoms with Crippen molar-refractivity contribution in [2.45, 2.75) is 59.4 Å². The molecule has 5 heteroatoms. The van der Waals surface area contributed by atoms with Crippen LogP contribution < -0.4 is 5.73 Å². The van der Waals surface area contributed by atoms with Crippen molar-refractivity contribution < 1.29 is 4.79 Å². The van der Waals surface area contributed by atoms with E-state index in [0.717, 1.165) is 28.7 Å². The van der Waals surface area contributed by atoms with E-state index in [9.17, 15) is 4.79 Å². The minimum Gasteiger partial charge on any atom is -0.327 e. The Morgan fingerprint density at radius 2 is 2.05 bits per heavy atom. The molecule has 4 nitrogen and oxygen atoms in total. The fraction of sp³-hybridized carbons (Fsp3) is 0.733. The van der Waals surface area contributed by atoms with E-state index in [0.29, 0.717) is 12.8 Å². The molecular weight excluding hydrogens is 318 g/mol. The molecule has 0 bridgehead atoms. The molecule has 0 aliphatic carbocycles. The maximum absolute atomic E-state index is 12.2. The Balaban J connectivity index is 2.65. The number of nitrogens with two attached hydrogens (primary N) is 1. The molecule has 1 aromatic heterocycles. The Morgan fingerprint density at radius 1 is 1.45 bits per heavy atom. The van der Waals surface area contributed by atoms with Gasteiger partial charge in [-0.2, -0.15) is 5.10 Å². The first kappa shape index (κ1) is 17.4. The van der Waals surface area contributed by atoms with Gasteiger partial charge in [0.15, 0.2) is 0 Å². The molecule has 0 aliphatic heterocycles. The Labute approximate surface area is 130 Å². The molecule has 0 saturated heterocycles. The van der Waals surface area contributed by atoms with Crippen molar-refractivity contribution >= 4 is 21.7 Å². The highest BCUT2D eigenvalue weighted by Crippen LogP contribution is 2.24. The lowest BCUT2D eigenvalue weighted by Crippen LogP contribution is -2.29. The summed E-state index contributed by atoms with van der Waals surface area (Å²) in [5.41, 5.74) is 8.16. The van der Waals surface area contributed by atoms with Crippen molar-refractivity contribution in [3.05, 3.63) is 15.9 Å². The number of ketones is 1. The first-order chi connectivity index (χ1) is 9.14. The largest absolute Gasteiger partial charge is 0.327 e. The Hall–Kier alpha value is -0.680. The first-order valence-corrected chi connectivity index (χ1v) is 7.91. The van der Waals surface area contributed by atoms with Crippen LogP contribution in [0.25, 0.3) is 0 Å². The molecule has 0 aliphatic rings. The van der Waals surface area contributed by atoms with Crippen LogP contribution in [0.4, 0.5) is 0 Å². The maximum Gasteiger partial charge on any atom is 0.140 e. The number of rotatable bonds is 6. The molecule has 114 valence electrons. The van der Waals surface area contributed by atoms with Gasteiger partial charge in [-0.3, -0.25) is 9.48 Å². The molecule has 1 unspecified atom stereocenters. The van der Waals surface area contributed by atoms with Gasteiger partial charge in [-0.25, -0.2) is 0 Å². The number of hydrogen-bond acceptors (Lipinski definition) is 3. The van der Waals surface area contributed by atoms with Crippen molar-refractivity contribution in [3.8, 4) is 0 Å². The second-order valence-electron chi connectivity index (χ2n) is 6.63. The van der Waals surface area contributed by atoms with Crippen molar-refractivity contribution in [1.82, 2.24) is 9.78 Å². The smallest absolute Gasteiger partial charge is 0.140 e. The highest BCUT2D eigenvalue weighted by atomic mass is 79.9. The highest BCUT2D eigenvalue weighted by molar-refractivity contribution is 9.10. The molecule has 0 spiro atoms. The van der Waals surface area contributed by atoms with Gasteiger partial charge in [0.1, 0.15) is 5.78 Å². The molecule has 1 rings (SSSR count). The second-order valence-corrected chi connectivity index (χ2v) is 7.42. The van der Waals surface area contributed by atoms with E-state index in [2.05, 4.69) is 48.7 Å². The number of nitrogens with zero attached hydrogens (tertiary/aromatic N) is 2. The standard InChI is InChI=1S/C15H26BrN3O/c1-6-12-14(16)13(19(5)18-12)8-11(20)7-10(17)9-15(2,3)4/h10H,6-9,17H2,1-5H3. The molecule has 1 heterocycles. The number of halogens is 1. The number of carbonyl (C=O) groups excluding carboxylic acids is 1. The van der Waals surface area contributed by atoms with E-state index >= 15 is 0 Å². The van der Waals surface area contributed by atoms with Gasteiger partial charge in [0.2, 0.25) is 0 Å². The number of aromatic nitrogens is 2. The zero-order chi connectivity index (χ0) is 15.5. The summed E-state index contributed by atoms with van der Waals surface area (Å²) in [6.45, 7) is 8.48. The molecular formula is C15H26BrN3O. The van der Waals surface area contributed by atoms with Crippen LogP contribution in [0.5, 0.6) is 0 Å². The maximum atomic E-state index is 12.2. The third-order valence-electron chi connectivity index (χ3n) is 3.23. The summed E-state index contributed by atoms with van der Waals surface area (Å²) in [5.74, 6) is 0.174. The SMILES string of the molecule is CCc1nn(C)c(CC(=O)CC(N)CC(C)(C)C)c1Br. The van der Waals surface area contributed by atoms with Crippen molar-refractivity contribution in [1.29, 1.82) is 0 Å².